The van der Waals surface area contributed by atoms with Gasteiger partial charge in [-0.05, 0) is 77.9 Å². The first-order valence-corrected chi connectivity index (χ1v) is 25.5. The van der Waals surface area contributed by atoms with Crippen LogP contribution in [0.2, 0.25) is 5.28 Å². The lowest BCUT2D eigenvalue weighted by atomic mass is 10.1. The van der Waals surface area contributed by atoms with Crippen molar-refractivity contribution in [3.63, 3.8) is 0 Å². The van der Waals surface area contributed by atoms with Gasteiger partial charge < -0.3 is 58.7 Å². The summed E-state index contributed by atoms with van der Waals surface area (Å²) in [6, 6.07) is 21.8. The Balaban J connectivity index is 0.000000202. The number of nitrogen functional groups attached to an aromatic ring is 1. The standard InChI is InChI=1S/C26H29N7O4.C14H10ClN3O.C12H20N4O3.C4H6.CH4/c1-30(2)10-11-31(3)21-15-24(36-4)20(14-22(21)33(34)35)29-26-27-9-8-19(28-26)18-16-32-12-13-37-23-7-5-6-17(18)25(23)32;15-14-16-5-4-11(17-14)10-8-18-6-7-19-12-3-1-2-9(10)13(12)18;1-14(2)5-6-15(3)10-8-12(19-4)9(13)7-11(10)16(17)18;1-3-4-2;/h5-9,14-16H,10-13H2,1-4H3,(H,27,28,29);1-5,8H,6-7H2;7-8H,5-6,13H2,1-4H3;1-2H3;1H4. The molecule has 0 spiro atoms. The lowest BCUT2D eigenvalue weighted by Gasteiger charge is -2.22. The zero-order chi connectivity index (χ0) is 56.9. The van der Waals surface area contributed by atoms with E-state index in [1.54, 1.807) is 24.5 Å². The number of likely N-dealkylation sites (N-methyl/N-ethyl adjacent to an activating group) is 4. The molecule has 0 saturated carbocycles. The smallest absolute Gasteiger partial charge is 0.294 e. The number of para-hydroxylation sites is 2. The number of methoxy groups -OCH3 is 2. The van der Waals surface area contributed by atoms with Crippen molar-refractivity contribution in [1.82, 2.24) is 38.9 Å². The maximum atomic E-state index is 12.0. The summed E-state index contributed by atoms with van der Waals surface area (Å²) < 4.78 is 26.6. The zero-order valence-electron chi connectivity index (χ0n) is 46.0. The number of anilines is 5. The van der Waals surface area contributed by atoms with Crippen LogP contribution in [0.1, 0.15) is 21.3 Å². The van der Waals surface area contributed by atoms with Gasteiger partial charge in [-0.2, -0.15) is 0 Å². The van der Waals surface area contributed by atoms with E-state index in [1.807, 2.05) is 118 Å². The van der Waals surface area contributed by atoms with Crippen molar-refractivity contribution in [3.05, 3.63) is 123 Å². The molecule has 6 heterocycles. The molecule has 0 fully saturated rings. The Bertz CT molecular complexity index is 3510. The fourth-order valence-corrected chi connectivity index (χ4v) is 8.89. The van der Waals surface area contributed by atoms with Gasteiger partial charge in [0, 0.05) is 111 Å². The molecule has 2 aliphatic rings. The summed E-state index contributed by atoms with van der Waals surface area (Å²) in [5.74, 6) is 8.35. The number of halogens is 1. The largest absolute Gasteiger partial charge is 0.495 e. The summed E-state index contributed by atoms with van der Waals surface area (Å²) in [5, 5.41) is 28.6. The predicted octanol–water partition coefficient (Wildman–Crippen LogP) is 10.1. The monoisotopic (exact) mass is 1110 g/mol. The van der Waals surface area contributed by atoms with E-state index in [9.17, 15) is 20.2 Å². The molecule has 0 aliphatic carbocycles. The van der Waals surface area contributed by atoms with Gasteiger partial charge in [0.15, 0.2) is 0 Å². The third-order valence-corrected chi connectivity index (χ3v) is 13.0. The summed E-state index contributed by atoms with van der Waals surface area (Å²) in [6.07, 6.45) is 7.52. The van der Waals surface area contributed by atoms with Crippen molar-refractivity contribution in [2.75, 3.05) is 117 Å². The Morgan fingerprint density at radius 1 is 0.688 bits per heavy atom. The molecule has 3 N–H and O–H groups in total. The van der Waals surface area contributed by atoms with Gasteiger partial charge in [0.1, 0.15) is 47.6 Å². The van der Waals surface area contributed by atoms with E-state index in [1.165, 1.54) is 26.4 Å². The van der Waals surface area contributed by atoms with E-state index >= 15 is 0 Å². The van der Waals surface area contributed by atoms with Gasteiger partial charge in [-0.1, -0.05) is 31.7 Å². The van der Waals surface area contributed by atoms with Gasteiger partial charge in [0.25, 0.3) is 11.4 Å². The fraction of sp³-hybridized carbons (Fsp3) is 0.333. The molecular weight excluding hydrogens is 1040 g/mol. The second-order valence-electron chi connectivity index (χ2n) is 18.7. The molecule has 22 nitrogen and oxygen atoms in total. The van der Waals surface area contributed by atoms with Gasteiger partial charge in [0.05, 0.1) is 71.0 Å². The Labute approximate surface area is 470 Å². The van der Waals surface area contributed by atoms with Crippen LogP contribution in [0.4, 0.5) is 40.1 Å². The molecule has 422 valence electrons. The number of rotatable bonds is 16. The minimum absolute atomic E-state index is 0. The molecule has 0 atom stereocenters. The zero-order valence-corrected chi connectivity index (χ0v) is 46.7. The Kier molecular flexibility index (Phi) is 20.8. The van der Waals surface area contributed by atoms with Crippen LogP contribution in [0.25, 0.3) is 44.3 Å². The molecule has 23 heteroatoms. The van der Waals surface area contributed by atoms with Gasteiger partial charge in [-0.15, -0.1) is 11.8 Å². The van der Waals surface area contributed by atoms with Crippen molar-refractivity contribution >= 4 is 73.5 Å². The normalized spacial score (nSPS) is 11.7. The minimum atomic E-state index is -0.433. The molecule has 4 aromatic heterocycles. The summed E-state index contributed by atoms with van der Waals surface area (Å²) in [7, 11) is 14.5. The molecule has 0 saturated heterocycles. The maximum absolute atomic E-state index is 12.0. The number of nitrogens with zero attached hydrogens (tertiary/aromatic N) is 12. The fourth-order valence-electron chi connectivity index (χ4n) is 8.75. The average Bonchev–Trinajstić information content (AvgIpc) is 4.07. The summed E-state index contributed by atoms with van der Waals surface area (Å²) in [4.78, 5) is 47.2. The number of nitrogens with one attached hydrogen (secondary N) is 1. The number of benzene rings is 4. The number of hydrogen-bond acceptors (Lipinski definition) is 18. The second-order valence-corrected chi connectivity index (χ2v) is 19.0. The molecule has 8 aromatic rings. The van der Waals surface area contributed by atoms with Gasteiger partial charge in [-0.3, -0.25) is 20.2 Å². The lowest BCUT2D eigenvalue weighted by molar-refractivity contribution is -0.384. The van der Waals surface area contributed by atoms with E-state index in [-0.39, 0.29) is 34.7 Å². The van der Waals surface area contributed by atoms with Crippen molar-refractivity contribution in [1.29, 1.82) is 0 Å². The molecule has 0 bridgehead atoms. The van der Waals surface area contributed by atoms with E-state index in [0.29, 0.717) is 60.8 Å². The summed E-state index contributed by atoms with van der Waals surface area (Å²) >= 11 is 5.88. The lowest BCUT2D eigenvalue weighted by Crippen LogP contribution is -2.28. The molecule has 10 rings (SSSR count). The number of nitro benzene ring substituents is 2. The highest BCUT2D eigenvalue weighted by molar-refractivity contribution is 6.28. The van der Waals surface area contributed by atoms with Crippen molar-refractivity contribution in [2.45, 2.75) is 34.4 Å². The van der Waals surface area contributed by atoms with Crippen LogP contribution < -0.4 is 39.8 Å². The minimum Gasteiger partial charge on any atom is -0.495 e. The van der Waals surface area contributed by atoms with E-state index < -0.39 is 4.92 Å². The molecule has 0 radical (unpaired) electrons. The van der Waals surface area contributed by atoms with Gasteiger partial charge in [-0.25, -0.2) is 19.9 Å². The Morgan fingerprint density at radius 3 is 1.62 bits per heavy atom. The first-order chi connectivity index (χ1) is 38.0. The van der Waals surface area contributed by atoms with E-state index in [4.69, 9.17) is 41.3 Å². The summed E-state index contributed by atoms with van der Waals surface area (Å²) in [6.45, 7) is 9.41. The molecule has 4 aromatic carbocycles. The van der Waals surface area contributed by atoms with Crippen LogP contribution in [0.15, 0.2) is 97.6 Å². The van der Waals surface area contributed by atoms with Crippen molar-refractivity contribution in [3.8, 4) is 57.4 Å². The van der Waals surface area contributed by atoms with Gasteiger partial charge >= 0.3 is 0 Å². The third-order valence-electron chi connectivity index (χ3n) is 12.8. The van der Waals surface area contributed by atoms with Crippen LogP contribution >= 0.6 is 11.6 Å². The number of aromatic nitrogens is 6. The number of hydrogen-bond donors (Lipinski definition) is 2. The Morgan fingerprint density at radius 2 is 1.16 bits per heavy atom. The van der Waals surface area contributed by atoms with Crippen LogP contribution in [0, 0.1) is 32.1 Å². The van der Waals surface area contributed by atoms with Crippen LogP contribution in [0.5, 0.6) is 23.0 Å². The SMILES string of the molecule is C.CC#CC.COc1cc(N(C)CCN(C)C)c([N+](=O)[O-])cc1N.COc1cc(N(C)CCN(C)C)c([N+](=O)[O-])cc1Nc1nccc(-c2cn3c4c(cccc24)OCC3)n1.Clc1nccc(-c2cn3c4c(cccc24)OCC3)n1. The maximum Gasteiger partial charge on any atom is 0.294 e. The molecule has 80 heavy (non-hydrogen) atoms. The van der Waals surface area contributed by atoms with Crippen molar-refractivity contribution < 1.29 is 28.8 Å². The average molecular weight is 1110 g/mol. The highest BCUT2D eigenvalue weighted by atomic mass is 35.5. The number of nitrogens with two attached hydrogens (primary N) is 1. The second kappa shape index (κ2) is 27.6. The van der Waals surface area contributed by atoms with Crippen LogP contribution in [0.3, 0.4) is 0 Å². The number of ether oxygens (including phenoxy) is 4. The van der Waals surface area contributed by atoms with E-state index in [0.717, 1.165) is 82.0 Å². The Hall–Kier alpha value is -8.91. The van der Waals surface area contributed by atoms with E-state index in [2.05, 4.69) is 59.7 Å². The molecule has 0 unspecified atom stereocenters. The first-order valence-electron chi connectivity index (χ1n) is 25.1. The third kappa shape index (κ3) is 14.2. The first kappa shape index (κ1) is 60.3. The van der Waals surface area contributed by atoms with Gasteiger partial charge in [0.2, 0.25) is 11.2 Å². The molecular formula is C57H69ClN14O8. The van der Waals surface area contributed by atoms with Crippen LogP contribution in [-0.4, -0.2) is 145 Å². The van der Waals surface area contributed by atoms with Crippen molar-refractivity contribution in [2.24, 2.45) is 0 Å². The van der Waals surface area contributed by atoms with Crippen LogP contribution in [-0.2, 0) is 13.1 Å². The molecule has 2 aliphatic heterocycles. The topological polar surface area (TPSA) is 236 Å². The summed E-state index contributed by atoms with van der Waals surface area (Å²) in [5.41, 5.74) is 13.1. The quantitative estimate of drug-likeness (QED) is 0.0301. The molecule has 0 amide bonds. The predicted molar refractivity (Wildman–Crippen MR) is 318 cm³/mol. The number of nitro groups is 2. The highest BCUT2D eigenvalue weighted by Gasteiger charge is 2.25. The highest BCUT2D eigenvalue weighted by Crippen LogP contribution is 2.41.